The lowest BCUT2D eigenvalue weighted by Crippen LogP contribution is -2.57. The van der Waals surface area contributed by atoms with Crippen molar-refractivity contribution in [3.63, 3.8) is 0 Å². The molecule has 14 nitrogen and oxygen atoms in total. The van der Waals surface area contributed by atoms with Gasteiger partial charge in [0.05, 0.1) is 38.3 Å². The van der Waals surface area contributed by atoms with Gasteiger partial charge in [0.25, 0.3) is 0 Å². The maximum Gasteiger partial charge on any atom is 0.227 e. The first-order chi connectivity index (χ1) is 22.6. The van der Waals surface area contributed by atoms with Crippen LogP contribution in [-0.2, 0) is 27.4 Å². The van der Waals surface area contributed by atoms with E-state index in [1.54, 1.807) is 25.6 Å². The minimum Gasteiger partial charge on any atom is -0.493 e. The Morgan fingerprint density at radius 2 is 1.74 bits per heavy atom. The molecule has 47 heavy (non-hydrogen) atoms. The molecule has 0 saturated carbocycles. The molecule has 260 valence electrons. The van der Waals surface area contributed by atoms with E-state index >= 15 is 0 Å². The Morgan fingerprint density at radius 1 is 1.06 bits per heavy atom. The van der Waals surface area contributed by atoms with E-state index in [4.69, 9.17) is 14.6 Å². The minimum absolute atomic E-state index is 0.118. The van der Waals surface area contributed by atoms with E-state index in [0.717, 1.165) is 50.3 Å². The summed E-state index contributed by atoms with van der Waals surface area (Å²) >= 11 is 0. The summed E-state index contributed by atoms with van der Waals surface area (Å²) in [6, 6.07) is 4.45. The SMILES string of the molecule is COCc1cnc(N2CCC(CCCOc3ccc(CC(=O)N4CC(C(=O)NCC(O)C(O)C(O)C(O)CO)C4)c(F)c3)CC2)nc1. The summed E-state index contributed by atoms with van der Waals surface area (Å²) in [5.74, 6) is -0.176. The monoisotopic (exact) mass is 663 g/mol. The summed E-state index contributed by atoms with van der Waals surface area (Å²) in [6.07, 6.45) is 0.539. The number of benzene rings is 1. The van der Waals surface area contributed by atoms with Crippen LogP contribution in [0.2, 0.25) is 0 Å². The number of nitrogens with one attached hydrogen (secondary N) is 1. The van der Waals surface area contributed by atoms with Crippen molar-refractivity contribution in [1.29, 1.82) is 0 Å². The van der Waals surface area contributed by atoms with Crippen molar-refractivity contribution in [3.8, 4) is 5.75 Å². The van der Waals surface area contributed by atoms with Gasteiger partial charge in [-0.3, -0.25) is 9.59 Å². The molecule has 2 aliphatic rings. The Bertz CT molecular complexity index is 1290. The fourth-order valence-electron chi connectivity index (χ4n) is 5.65. The van der Waals surface area contributed by atoms with Crippen molar-refractivity contribution >= 4 is 17.8 Å². The molecule has 2 amide bonds. The maximum absolute atomic E-state index is 14.8. The third kappa shape index (κ3) is 10.3. The van der Waals surface area contributed by atoms with Gasteiger partial charge in [0, 0.05) is 63.9 Å². The topological polar surface area (TPSA) is 198 Å². The van der Waals surface area contributed by atoms with Gasteiger partial charge in [0.15, 0.2) is 0 Å². The minimum atomic E-state index is -1.79. The number of halogens is 1. The molecule has 0 spiro atoms. The summed E-state index contributed by atoms with van der Waals surface area (Å²) in [5, 5.41) is 50.1. The van der Waals surface area contributed by atoms with Crippen LogP contribution in [0.25, 0.3) is 0 Å². The average molecular weight is 664 g/mol. The van der Waals surface area contributed by atoms with Crippen LogP contribution >= 0.6 is 0 Å². The number of amides is 2. The number of hydrogen-bond acceptors (Lipinski definition) is 12. The van der Waals surface area contributed by atoms with Crippen LogP contribution in [0.15, 0.2) is 30.6 Å². The fourth-order valence-corrected chi connectivity index (χ4v) is 5.65. The van der Waals surface area contributed by atoms with Crippen LogP contribution in [0.1, 0.15) is 36.8 Å². The molecular weight excluding hydrogens is 617 g/mol. The zero-order valence-corrected chi connectivity index (χ0v) is 26.6. The highest BCUT2D eigenvalue weighted by Crippen LogP contribution is 2.25. The predicted molar refractivity (Wildman–Crippen MR) is 167 cm³/mol. The van der Waals surface area contributed by atoms with Gasteiger partial charge in [-0.2, -0.15) is 0 Å². The number of anilines is 1. The molecule has 0 bridgehead atoms. The van der Waals surface area contributed by atoms with Crippen LogP contribution < -0.4 is 15.0 Å². The van der Waals surface area contributed by atoms with Gasteiger partial charge in [0.2, 0.25) is 17.8 Å². The van der Waals surface area contributed by atoms with Crippen molar-refractivity contribution in [2.75, 3.05) is 57.9 Å². The van der Waals surface area contributed by atoms with E-state index < -0.39 is 55.2 Å². The number of rotatable bonds is 17. The van der Waals surface area contributed by atoms with E-state index in [1.807, 2.05) is 0 Å². The molecule has 4 rings (SSSR count). The lowest BCUT2D eigenvalue weighted by Gasteiger charge is -2.38. The summed E-state index contributed by atoms with van der Waals surface area (Å²) in [4.78, 5) is 37.5. The Morgan fingerprint density at radius 3 is 2.38 bits per heavy atom. The number of nitrogens with zero attached hydrogens (tertiary/aromatic N) is 4. The molecule has 4 unspecified atom stereocenters. The van der Waals surface area contributed by atoms with Gasteiger partial charge in [-0.1, -0.05) is 6.07 Å². The van der Waals surface area contributed by atoms with Gasteiger partial charge >= 0.3 is 0 Å². The van der Waals surface area contributed by atoms with Gasteiger partial charge in [-0.25, -0.2) is 14.4 Å². The normalized spacial score (nSPS) is 18.3. The van der Waals surface area contributed by atoms with Crippen LogP contribution in [0.5, 0.6) is 5.75 Å². The molecule has 0 aliphatic carbocycles. The number of piperidine rings is 1. The summed E-state index contributed by atoms with van der Waals surface area (Å²) in [6.45, 7) is 1.76. The van der Waals surface area contributed by atoms with E-state index in [0.29, 0.717) is 24.9 Å². The lowest BCUT2D eigenvalue weighted by molar-refractivity contribution is -0.143. The average Bonchev–Trinajstić information content (AvgIpc) is 3.05. The Hall–Kier alpha value is -3.47. The smallest absolute Gasteiger partial charge is 0.227 e. The standard InChI is InChI=1S/C32H46FN5O9/c1-46-19-21-13-35-32(36-14-21)37-8-6-20(7-9-37)3-2-10-47-24-5-4-22(25(33)12-24)11-28(42)38-16-23(17-38)31(45)34-15-26(40)29(43)30(44)27(41)18-39/h4-5,12-14,20,23,26-27,29-30,39-41,43-44H,2-3,6-11,15-19H2,1H3,(H,34,45). The van der Waals surface area contributed by atoms with Gasteiger partial charge in [-0.05, 0) is 43.2 Å². The molecule has 3 heterocycles. The molecule has 4 atom stereocenters. The highest BCUT2D eigenvalue weighted by Gasteiger charge is 2.37. The quantitative estimate of drug-likeness (QED) is 0.118. The van der Waals surface area contributed by atoms with Crippen LogP contribution in [0.3, 0.4) is 0 Å². The zero-order valence-electron chi connectivity index (χ0n) is 26.6. The summed E-state index contributed by atoms with van der Waals surface area (Å²) in [5.41, 5.74) is 1.16. The molecule has 2 fully saturated rings. The number of aromatic nitrogens is 2. The maximum atomic E-state index is 14.8. The fraction of sp³-hybridized carbons (Fsp3) is 0.625. The van der Waals surface area contributed by atoms with Gasteiger partial charge in [0.1, 0.15) is 29.9 Å². The molecule has 1 aromatic heterocycles. The third-order valence-electron chi connectivity index (χ3n) is 8.71. The Balaban J connectivity index is 1.10. The zero-order chi connectivity index (χ0) is 33.9. The van der Waals surface area contributed by atoms with E-state index in [-0.39, 0.29) is 31.0 Å². The van der Waals surface area contributed by atoms with Crippen molar-refractivity contribution in [2.45, 2.75) is 63.1 Å². The first-order valence-corrected chi connectivity index (χ1v) is 15.9. The lowest BCUT2D eigenvalue weighted by atomic mass is 9.92. The number of aliphatic hydroxyl groups is 5. The molecule has 6 N–H and O–H groups in total. The van der Waals surface area contributed by atoms with Crippen LogP contribution in [0.4, 0.5) is 10.3 Å². The second-order valence-electron chi connectivity index (χ2n) is 12.2. The highest BCUT2D eigenvalue weighted by atomic mass is 19.1. The molecule has 2 aliphatic heterocycles. The van der Waals surface area contributed by atoms with Gasteiger partial charge < -0.3 is 50.1 Å². The molecule has 2 saturated heterocycles. The largest absolute Gasteiger partial charge is 0.493 e. The molecular formula is C32H46FN5O9. The molecule has 15 heteroatoms. The number of likely N-dealkylation sites (tertiary alicyclic amines) is 1. The van der Waals surface area contributed by atoms with E-state index in [9.17, 15) is 34.4 Å². The molecule has 1 aromatic carbocycles. The van der Waals surface area contributed by atoms with Crippen molar-refractivity contribution in [1.82, 2.24) is 20.2 Å². The van der Waals surface area contributed by atoms with Crippen molar-refractivity contribution in [2.24, 2.45) is 11.8 Å². The number of carbonyl (C=O) groups excluding carboxylic acids is 2. The second-order valence-corrected chi connectivity index (χ2v) is 12.2. The summed E-state index contributed by atoms with van der Waals surface area (Å²) < 4.78 is 25.7. The molecule has 0 radical (unpaired) electrons. The number of carbonyl (C=O) groups is 2. The predicted octanol–water partition coefficient (Wildman–Crippen LogP) is -0.609. The summed E-state index contributed by atoms with van der Waals surface area (Å²) in [7, 11) is 1.64. The van der Waals surface area contributed by atoms with Crippen molar-refractivity contribution in [3.05, 3.63) is 47.5 Å². The first-order valence-electron chi connectivity index (χ1n) is 15.9. The van der Waals surface area contributed by atoms with E-state index in [1.165, 1.54) is 17.0 Å². The number of ether oxygens (including phenoxy) is 2. The van der Waals surface area contributed by atoms with Gasteiger partial charge in [-0.15, -0.1) is 0 Å². The highest BCUT2D eigenvalue weighted by molar-refractivity contribution is 5.85. The Labute approximate surface area is 273 Å². The van der Waals surface area contributed by atoms with Crippen LogP contribution in [-0.4, -0.2) is 130 Å². The van der Waals surface area contributed by atoms with E-state index in [2.05, 4.69) is 20.2 Å². The van der Waals surface area contributed by atoms with Crippen LogP contribution in [0, 0.1) is 17.7 Å². The first kappa shape index (κ1) is 36.4. The molecule has 2 aromatic rings. The third-order valence-corrected chi connectivity index (χ3v) is 8.71. The Kier molecular flexibility index (Phi) is 13.6. The number of aliphatic hydroxyl groups excluding tert-OH is 5. The van der Waals surface area contributed by atoms with Crippen molar-refractivity contribution < 1.29 is 49.0 Å². The number of hydrogen-bond donors (Lipinski definition) is 6. The second kappa shape index (κ2) is 17.6. The number of methoxy groups -OCH3 is 1.